The van der Waals surface area contributed by atoms with Gasteiger partial charge in [0.15, 0.2) is 0 Å². The van der Waals surface area contributed by atoms with Gasteiger partial charge in [-0.2, -0.15) is 0 Å². The number of rotatable bonds is 5. The van der Waals surface area contributed by atoms with Gasteiger partial charge in [-0.05, 0) is 19.8 Å². The third kappa shape index (κ3) is 3.25. The summed E-state index contributed by atoms with van der Waals surface area (Å²) in [6.07, 6.45) is 5.44. The standard InChI is InChI=1S/C10H22N2O/c1-10(5-3-4-6-10)12-8-9(7-11)13-2/h9,12H,3-8,11H2,1-2H3. The Kier molecular flexibility index (Phi) is 4.16. The number of hydrogen-bond donors (Lipinski definition) is 2. The topological polar surface area (TPSA) is 47.3 Å². The van der Waals surface area contributed by atoms with Gasteiger partial charge in [-0.1, -0.05) is 12.8 Å². The van der Waals surface area contributed by atoms with E-state index < -0.39 is 0 Å². The van der Waals surface area contributed by atoms with Crippen LogP contribution in [0.15, 0.2) is 0 Å². The molecule has 0 aromatic heterocycles. The summed E-state index contributed by atoms with van der Waals surface area (Å²) in [7, 11) is 1.72. The number of hydrogen-bond acceptors (Lipinski definition) is 3. The molecule has 3 nitrogen and oxygen atoms in total. The van der Waals surface area contributed by atoms with Crippen LogP contribution in [0.25, 0.3) is 0 Å². The van der Waals surface area contributed by atoms with Crippen molar-refractivity contribution in [3.8, 4) is 0 Å². The third-order valence-corrected chi connectivity index (χ3v) is 3.06. The minimum atomic E-state index is 0.164. The molecule has 3 N–H and O–H groups in total. The van der Waals surface area contributed by atoms with Crippen LogP contribution in [0.2, 0.25) is 0 Å². The molecule has 1 atom stereocenters. The first-order chi connectivity index (χ1) is 6.20. The highest BCUT2D eigenvalue weighted by molar-refractivity contribution is 4.88. The highest BCUT2D eigenvalue weighted by Gasteiger charge is 2.28. The Bertz CT molecular complexity index is 140. The lowest BCUT2D eigenvalue weighted by Gasteiger charge is -2.27. The van der Waals surface area contributed by atoms with Crippen molar-refractivity contribution in [1.82, 2.24) is 5.32 Å². The third-order valence-electron chi connectivity index (χ3n) is 3.06. The summed E-state index contributed by atoms with van der Waals surface area (Å²) in [4.78, 5) is 0. The number of nitrogens with one attached hydrogen (secondary N) is 1. The van der Waals surface area contributed by atoms with Crippen LogP contribution < -0.4 is 11.1 Å². The van der Waals surface area contributed by atoms with E-state index in [-0.39, 0.29) is 6.10 Å². The van der Waals surface area contributed by atoms with Gasteiger partial charge < -0.3 is 15.8 Å². The fourth-order valence-corrected chi connectivity index (χ4v) is 1.96. The zero-order chi connectivity index (χ0) is 9.73. The first-order valence-corrected chi connectivity index (χ1v) is 5.18. The largest absolute Gasteiger partial charge is 0.379 e. The quantitative estimate of drug-likeness (QED) is 0.670. The molecule has 0 heterocycles. The molecule has 1 fully saturated rings. The van der Waals surface area contributed by atoms with E-state index in [4.69, 9.17) is 10.5 Å². The molecule has 0 radical (unpaired) electrons. The molecular formula is C10H22N2O. The Morgan fingerprint density at radius 1 is 1.46 bits per heavy atom. The first-order valence-electron chi connectivity index (χ1n) is 5.18. The van der Waals surface area contributed by atoms with Crippen molar-refractivity contribution < 1.29 is 4.74 Å². The zero-order valence-electron chi connectivity index (χ0n) is 8.81. The van der Waals surface area contributed by atoms with Crippen molar-refractivity contribution in [2.24, 2.45) is 5.73 Å². The van der Waals surface area contributed by atoms with Gasteiger partial charge in [-0.15, -0.1) is 0 Å². The molecule has 0 aromatic carbocycles. The van der Waals surface area contributed by atoms with Crippen molar-refractivity contribution in [2.75, 3.05) is 20.2 Å². The number of methoxy groups -OCH3 is 1. The summed E-state index contributed by atoms with van der Waals surface area (Å²) in [6, 6.07) is 0. The Labute approximate surface area is 81.0 Å². The minimum Gasteiger partial charge on any atom is -0.379 e. The van der Waals surface area contributed by atoms with Crippen LogP contribution in [0, 0.1) is 0 Å². The monoisotopic (exact) mass is 186 g/mol. The summed E-state index contributed by atoms with van der Waals surface area (Å²) in [5.74, 6) is 0. The van der Waals surface area contributed by atoms with Gasteiger partial charge in [0.1, 0.15) is 0 Å². The summed E-state index contributed by atoms with van der Waals surface area (Å²) in [6.45, 7) is 3.77. The predicted molar refractivity (Wildman–Crippen MR) is 54.7 cm³/mol. The number of ether oxygens (including phenoxy) is 1. The average Bonchev–Trinajstić information content (AvgIpc) is 2.55. The van der Waals surface area contributed by atoms with E-state index >= 15 is 0 Å². The summed E-state index contributed by atoms with van der Waals surface area (Å²) in [5, 5.41) is 3.55. The lowest BCUT2D eigenvalue weighted by molar-refractivity contribution is 0.1000. The van der Waals surface area contributed by atoms with Gasteiger partial charge >= 0.3 is 0 Å². The van der Waals surface area contributed by atoms with Gasteiger partial charge in [-0.3, -0.25) is 0 Å². The van der Waals surface area contributed by atoms with Crippen molar-refractivity contribution in [2.45, 2.75) is 44.2 Å². The molecule has 1 aliphatic rings. The molecule has 0 aromatic rings. The van der Waals surface area contributed by atoms with Gasteiger partial charge in [0.2, 0.25) is 0 Å². The molecule has 1 unspecified atom stereocenters. The maximum absolute atomic E-state index is 5.55. The maximum Gasteiger partial charge on any atom is 0.0817 e. The molecule has 0 amide bonds. The van der Waals surface area contributed by atoms with Crippen LogP contribution in [0.4, 0.5) is 0 Å². The van der Waals surface area contributed by atoms with Crippen molar-refractivity contribution in [1.29, 1.82) is 0 Å². The van der Waals surface area contributed by atoms with E-state index in [0.717, 1.165) is 6.54 Å². The SMILES string of the molecule is COC(CN)CNC1(C)CCCC1. The van der Waals surface area contributed by atoms with Crippen LogP contribution in [-0.2, 0) is 4.74 Å². The lowest BCUT2D eigenvalue weighted by Crippen LogP contribution is -2.45. The van der Waals surface area contributed by atoms with E-state index in [1.165, 1.54) is 25.7 Å². The van der Waals surface area contributed by atoms with Gasteiger partial charge in [-0.25, -0.2) is 0 Å². The molecule has 3 heteroatoms. The van der Waals surface area contributed by atoms with Gasteiger partial charge in [0.25, 0.3) is 0 Å². The van der Waals surface area contributed by atoms with Crippen LogP contribution >= 0.6 is 0 Å². The molecule has 1 aliphatic carbocycles. The maximum atomic E-state index is 5.55. The van der Waals surface area contributed by atoms with Gasteiger partial charge in [0.05, 0.1) is 6.10 Å². The Balaban J connectivity index is 2.23. The Morgan fingerprint density at radius 3 is 2.54 bits per heavy atom. The second-order valence-corrected chi connectivity index (χ2v) is 4.24. The highest BCUT2D eigenvalue weighted by Crippen LogP contribution is 2.28. The van der Waals surface area contributed by atoms with Crippen molar-refractivity contribution in [3.05, 3.63) is 0 Å². The second-order valence-electron chi connectivity index (χ2n) is 4.24. The van der Waals surface area contributed by atoms with Crippen molar-refractivity contribution >= 4 is 0 Å². The summed E-state index contributed by atoms with van der Waals surface area (Å²) >= 11 is 0. The van der Waals surface area contributed by atoms with Crippen molar-refractivity contribution in [3.63, 3.8) is 0 Å². The van der Waals surface area contributed by atoms with Crippen LogP contribution in [0.3, 0.4) is 0 Å². The second kappa shape index (κ2) is 4.94. The first kappa shape index (κ1) is 11.0. The Morgan fingerprint density at radius 2 is 2.08 bits per heavy atom. The normalized spacial score (nSPS) is 23.3. The van der Waals surface area contributed by atoms with Crippen LogP contribution in [0.5, 0.6) is 0 Å². The fraction of sp³-hybridized carbons (Fsp3) is 1.00. The fourth-order valence-electron chi connectivity index (χ4n) is 1.96. The van der Waals surface area contributed by atoms with Gasteiger partial charge in [0, 0.05) is 25.7 Å². The van der Waals surface area contributed by atoms with E-state index in [2.05, 4.69) is 12.2 Å². The van der Waals surface area contributed by atoms with Crippen LogP contribution in [0.1, 0.15) is 32.6 Å². The minimum absolute atomic E-state index is 0.164. The lowest BCUT2D eigenvalue weighted by atomic mass is 10.0. The summed E-state index contributed by atoms with van der Waals surface area (Å²) < 4.78 is 5.22. The molecule has 0 aliphatic heterocycles. The molecule has 0 saturated heterocycles. The Hall–Kier alpha value is -0.120. The molecule has 13 heavy (non-hydrogen) atoms. The highest BCUT2D eigenvalue weighted by atomic mass is 16.5. The summed E-state index contributed by atoms with van der Waals surface area (Å²) in [5.41, 5.74) is 5.89. The molecule has 0 bridgehead atoms. The molecule has 0 spiro atoms. The average molecular weight is 186 g/mol. The molecule has 1 rings (SSSR count). The predicted octanol–water partition coefficient (Wildman–Crippen LogP) is 0.882. The zero-order valence-corrected chi connectivity index (χ0v) is 8.81. The molecule has 78 valence electrons. The van der Waals surface area contributed by atoms with Crippen LogP contribution in [-0.4, -0.2) is 31.8 Å². The van der Waals surface area contributed by atoms with E-state index in [9.17, 15) is 0 Å². The number of nitrogens with two attached hydrogens (primary N) is 1. The van der Waals surface area contributed by atoms with E-state index in [1.54, 1.807) is 7.11 Å². The molecule has 1 saturated carbocycles. The molecular weight excluding hydrogens is 164 g/mol. The van der Waals surface area contributed by atoms with E-state index in [0.29, 0.717) is 12.1 Å². The van der Waals surface area contributed by atoms with E-state index in [1.807, 2.05) is 0 Å². The smallest absolute Gasteiger partial charge is 0.0817 e.